The molecular weight excluding hydrogens is 374 g/mol. The number of anilines is 1. The number of benzene rings is 1. The van der Waals surface area contributed by atoms with E-state index in [1.54, 1.807) is 23.1 Å². The van der Waals surface area contributed by atoms with Gasteiger partial charge in [-0.15, -0.1) is 23.1 Å². The molecule has 0 bridgehead atoms. The predicted molar refractivity (Wildman–Crippen MR) is 113 cm³/mol. The highest BCUT2D eigenvalue weighted by molar-refractivity contribution is 7.98. The standard InChI is InChI=1S/C21H25N3OS2/c1-24(14-15-7-9-16(26-2)10-8-15)12-11-20(25)23-21-18(13-22)17-5-3-4-6-19(17)27-21/h7-10H,3-6,11-12,14H2,1-2H3,(H,23,25)/p+1. The monoisotopic (exact) mass is 400 g/mol. The molecule has 27 heavy (non-hydrogen) atoms. The van der Waals surface area contributed by atoms with Gasteiger partial charge in [-0.1, -0.05) is 12.1 Å². The second kappa shape index (κ2) is 9.41. The molecule has 0 aliphatic heterocycles. The van der Waals surface area contributed by atoms with Gasteiger partial charge < -0.3 is 10.2 Å². The van der Waals surface area contributed by atoms with Gasteiger partial charge in [0.25, 0.3) is 0 Å². The highest BCUT2D eigenvalue weighted by atomic mass is 32.2. The molecule has 0 spiro atoms. The van der Waals surface area contributed by atoms with Gasteiger partial charge >= 0.3 is 0 Å². The van der Waals surface area contributed by atoms with E-state index in [4.69, 9.17) is 0 Å². The molecule has 1 unspecified atom stereocenters. The number of nitrogens with one attached hydrogen (secondary N) is 2. The first-order chi connectivity index (χ1) is 13.1. The summed E-state index contributed by atoms with van der Waals surface area (Å²) < 4.78 is 0. The number of carbonyl (C=O) groups excluding carboxylic acids is 1. The van der Waals surface area contributed by atoms with Crippen molar-refractivity contribution in [3.05, 3.63) is 45.8 Å². The summed E-state index contributed by atoms with van der Waals surface area (Å²) in [6.07, 6.45) is 6.85. The van der Waals surface area contributed by atoms with Gasteiger partial charge in [-0.2, -0.15) is 5.26 Å². The third kappa shape index (κ3) is 5.13. The van der Waals surface area contributed by atoms with Crippen molar-refractivity contribution in [1.82, 2.24) is 0 Å². The highest BCUT2D eigenvalue weighted by Gasteiger charge is 2.22. The first-order valence-corrected chi connectivity index (χ1v) is 11.4. The normalized spacial score (nSPS) is 14.3. The van der Waals surface area contributed by atoms with Crippen LogP contribution in [0.3, 0.4) is 0 Å². The number of carbonyl (C=O) groups is 1. The molecule has 4 nitrogen and oxygen atoms in total. The number of nitriles is 1. The van der Waals surface area contributed by atoms with E-state index in [1.807, 2.05) is 0 Å². The fraction of sp³-hybridized carbons (Fsp3) is 0.429. The number of rotatable bonds is 7. The van der Waals surface area contributed by atoms with Crippen LogP contribution in [-0.2, 0) is 24.2 Å². The zero-order valence-electron chi connectivity index (χ0n) is 15.9. The van der Waals surface area contributed by atoms with E-state index in [0.717, 1.165) is 37.4 Å². The molecule has 3 rings (SSSR count). The van der Waals surface area contributed by atoms with E-state index in [0.29, 0.717) is 12.0 Å². The summed E-state index contributed by atoms with van der Waals surface area (Å²) >= 11 is 3.33. The molecule has 1 aromatic carbocycles. The summed E-state index contributed by atoms with van der Waals surface area (Å²) in [5, 5.41) is 13.2. The molecule has 6 heteroatoms. The van der Waals surface area contributed by atoms with Crippen molar-refractivity contribution in [3.63, 3.8) is 0 Å². The molecular formula is C21H26N3OS2+. The van der Waals surface area contributed by atoms with Crippen molar-refractivity contribution in [2.24, 2.45) is 0 Å². The number of aryl methyl sites for hydroxylation is 1. The molecule has 0 radical (unpaired) electrons. The Morgan fingerprint density at radius 1 is 1.30 bits per heavy atom. The molecule has 0 saturated carbocycles. The number of hydrogen-bond acceptors (Lipinski definition) is 4. The molecule has 1 aromatic heterocycles. The third-order valence-electron chi connectivity index (χ3n) is 4.98. The van der Waals surface area contributed by atoms with Crippen LogP contribution < -0.4 is 10.2 Å². The van der Waals surface area contributed by atoms with Gasteiger partial charge in [0, 0.05) is 15.3 Å². The maximum Gasteiger partial charge on any atom is 0.230 e. The number of fused-ring (bicyclic) bond motifs is 1. The smallest absolute Gasteiger partial charge is 0.230 e. The van der Waals surface area contributed by atoms with Crippen LogP contribution in [0.5, 0.6) is 0 Å². The first-order valence-electron chi connectivity index (χ1n) is 9.39. The number of quaternary nitrogens is 1. The largest absolute Gasteiger partial charge is 0.333 e. The number of thiophene rings is 1. The Kier molecular flexibility index (Phi) is 6.95. The summed E-state index contributed by atoms with van der Waals surface area (Å²) in [4.78, 5) is 16.3. The lowest BCUT2D eigenvalue weighted by atomic mass is 9.96. The van der Waals surface area contributed by atoms with Gasteiger partial charge in [0.2, 0.25) is 5.91 Å². The van der Waals surface area contributed by atoms with Gasteiger partial charge in [0.1, 0.15) is 17.6 Å². The molecule has 1 aliphatic carbocycles. The van der Waals surface area contributed by atoms with E-state index in [1.165, 1.54) is 32.2 Å². The minimum atomic E-state index is 0.00202. The molecule has 1 aliphatic rings. The summed E-state index contributed by atoms with van der Waals surface area (Å²) in [7, 11) is 2.11. The maximum atomic E-state index is 12.4. The maximum absolute atomic E-state index is 12.4. The molecule has 1 atom stereocenters. The highest BCUT2D eigenvalue weighted by Crippen LogP contribution is 2.37. The van der Waals surface area contributed by atoms with Crippen LogP contribution >= 0.6 is 23.1 Å². The van der Waals surface area contributed by atoms with E-state index < -0.39 is 0 Å². The lowest BCUT2D eigenvalue weighted by Gasteiger charge is -2.14. The first kappa shape index (κ1) is 19.9. The summed E-state index contributed by atoms with van der Waals surface area (Å²) in [5.74, 6) is 0.00202. The minimum absolute atomic E-state index is 0.00202. The number of thioether (sulfide) groups is 1. The fourth-order valence-electron chi connectivity index (χ4n) is 3.47. The molecule has 2 N–H and O–H groups in total. The van der Waals surface area contributed by atoms with Crippen molar-refractivity contribution in [3.8, 4) is 6.07 Å². The fourth-order valence-corrected chi connectivity index (χ4v) is 5.13. The van der Waals surface area contributed by atoms with Gasteiger partial charge in [-0.25, -0.2) is 0 Å². The van der Waals surface area contributed by atoms with Crippen LogP contribution in [0.15, 0.2) is 29.2 Å². The molecule has 142 valence electrons. The van der Waals surface area contributed by atoms with E-state index in [-0.39, 0.29) is 5.91 Å². The van der Waals surface area contributed by atoms with Crippen LogP contribution in [0.2, 0.25) is 0 Å². The molecule has 1 amide bonds. The minimum Gasteiger partial charge on any atom is -0.333 e. The Morgan fingerprint density at radius 3 is 2.74 bits per heavy atom. The third-order valence-corrected chi connectivity index (χ3v) is 6.93. The predicted octanol–water partition coefficient (Wildman–Crippen LogP) is 3.26. The second-order valence-electron chi connectivity index (χ2n) is 7.06. The van der Waals surface area contributed by atoms with Crippen molar-refractivity contribution in [1.29, 1.82) is 5.26 Å². The Bertz CT molecular complexity index is 836. The van der Waals surface area contributed by atoms with Crippen molar-refractivity contribution in [2.75, 3.05) is 25.2 Å². The van der Waals surface area contributed by atoms with Gasteiger partial charge in [0.15, 0.2) is 0 Å². The van der Waals surface area contributed by atoms with Crippen LogP contribution in [0, 0.1) is 11.3 Å². The Labute approximate surface area is 169 Å². The van der Waals surface area contributed by atoms with Gasteiger partial charge in [-0.05, 0) is 49.6 Å². The Hall–Kier alpha value is -1.81. The van der Waals surface area contributed by atoms with E-state index >= 15 is 0 Å². The Morgan fingerprint density at radius 2 is 2.04 bits per heavy atom. The summed E-state index contributed by atoms with van der Waals surface area (Å²) in [6, 6.07) is 10.9. The lowest BCUT2D eigenvalue weighted by molar-refractivity contribution is -0.893. The van der Waals surface area contributed by atoms with Gasteiger partial charge in [0.05, 0.1) is 25.6 Å². The van der Waals surface area contributed by atoms with Crippen LogP contribution in [0.4, 0.5) is 5.00 Å². The number of hydrogen-bond donors (Lipinski definition) is 2. The second-order valence-corrected chi connectivity index (χ2v) is 9.04. The average Bonchev–Trinajstić information content (AvgIpc) is 3.03. The summed E-state index contributed by atoms with van der Waals surface area (Å²) in [5.41, 5.74) is 3.14. The topological polar surface area (TPSA) is 57.3 Å². The van der Waals surface area contributed by atoms with Crippen LogP contribution in [0.25, 0.3) is 0 Å². The van der Waals surface area contributed by atoms with Crippen molar-refractivity contribution < 1.29 is 9.69 Å². The van der Waals surface area contributed by atoms with Crippen molar-refractivity contribution >= 4 is 34.0 Å². The Balaban J connectivity index is 1.52. The quantitative estimate of drug-likeness (QED) is 0.702. The van der Waals surface area contributed by atoms with Crippen molar-refractivity contribution in [2.45, 2.75) is 43.5 Å². The lowest BCUT2D eigenvalue weighted by Crippen LogP contribution is -3.07. The van der Waals surface area contributed by atoms with Crippen LogP contribution in [0.1, 0.15) is 40.8 Å². The van der Waals surface area contributed by atoms with E-state index in [2.05, 4.69) is 49.0 Å². The average molecular weight is 401 g/mol. The number of nitrogens with zero attached hydrogens (tertiary/aromatic N) is 1. The van der Waals surface area contributed by atoms with E-state index in [9.17, 15) is 10.1 Å². The molecule has 2 aromatic rings. The summed E-state index contributed by atoms with van der Waals surface area (Å²) in [6.45, 7) is 1.67. The molecule has 0 fully saturated rings. The molecule has 1 heterocycles. The molecule has 0 saturated heterocycles. The van der Waals surface area contributed by atoms with Gasteiger partial charge in [-0.3, -0.25) is 4.79 Å². The zero-order valence-corrected chi connectivity index (χ0v) is 17.6. The van der Waals surface area contributed by atoms with Crippen LogP contribution in [-0.4, -0.2) is 25.8 Å². The SMILES string of the molecule is CSc1ccc(C[NH+](C)CCC(=O)Nc2sc3c(c2C#N)CCCC3)cc1. The zero-order chi connectivity index (χ0) is 19.2. The number of amides is 1.